The molecule has 1 aromatic carbocycles. The van der Waals surface area contributed by atoms with Crippen LogP contribution in [-0.4, -0.2) is 45.4 Å². The predicted molar refractivity (Wildman–Crippen MR) is 88.6 cm³/mol. The highest BCUT2D eigenvalue weighted by molar-refractivity contribution is 7.89. The van der Waals surface area contributed by atoms with E-state index < -0.39 is 10.0 Å². The molecular formula is C14H18Cl2N2O4S. The number of hydrogen-bond donors (Lipinski definition) is 1. The van der Waals surface area contributed by atoms with Gasteiger partial charge in [0.25, 0.3) is 0 Å². The number of nitrogens with one attached hydrogen (secondary N) is 1. The van der Waals surface area contributed by atoms with E-state index in [0.717, 1.165) is 0 Å². The van der Waals surface area contributed by atoms with Gasteiger partial charge in [0.1, 0.15) is 9.92 Å². The van der Waals surface area contributed by atoms with E-state index in [-0.39, 0.29) is 45.6 Å². The number of carbonyl (C=O) groups excluding carboxylic acids is 1. The summed E-state index contributed by atoms with van der Waals surface area (Å²) in [7, 11) is -2.49. The SMILES string of the molecule is CCNC(=O)C1CCN(S(=O)(=O)c2ccc(Cl)c(Cl)c2OC)C1. The van der Waals surface area contributed by atoms with Crippen molar-refractivity contribution >= 4 is 39.1 Å². The van der Waals surface area contributed by atoms with Gasteiger partial charge < -0.3 is 10.1 Å². The molecule has 23 heavy (non-hydrogen) atoms. The van der Waals surface area contributed by atoms with Gasteiger partial charge in [-0.15, -0.1) is 0 Å². The molecule has 1 aliphatic heterocycles. The molecule has 1 heterocycles. The average Bonchev–Trinajstić information content (AvgIpc) is 3.00. The van der Waals surface area contributed by atoms with Crippen LogP contribution in [0.4, 0.5) is 0 Å². The number of carbonyl (C=O) groups is 1. The Morgan fingerprint density at radius 2 is 2.13 bits per heavy atom. The summed E-state index contributed by atoms with van der Waals surface area (Å²) in [6.45, 7) is 2.75. The molecule has 9 heteroatoms. The summed E-state index contributed by atoms with van der Waals surface area (Å²) in [5.74, 6) is -0.467. The van der Waals surface area contributed by atoms with Crippen molar-refractivity contribution in [3.8, 4) is 5.75 Å². The molecule has 0 spiro atoms. The average molecular weight is 381 g/mol. The van der Waals surface area contributed by atoms with Gasteiger partial charge in [-0.05, 0) is 25.5 Å². The Balaban J connectivity index is 2.30. The maximum atomic E-state index is 12.8. The molecule has 0 aliphatic carbocycles. The van der Waals surface area contributed by atoms with Gasteiger partial charge in [-0.2, -0.15) is 4.31 Å². The number of amides is 1. The molecule has 0 saturated carbocycles. The molecule has 0 bridgehead atoms. The Morgan fingerprint density at radius 1 is 1.43 bits per heavy atom. The Morgan fingerprint density at radius 3 is 2.74 bits per heavy atom. The van der Waals surface area contributed by atoms with Gasteiger partial charge in [-0.3, -0.25) is 4.79 Å². The Bertz CT molecular complexity index is 709. The van der Waals surface area contributed by atoms with E-state index in [1.54, 1.807) is 0 Å². The van der Waals surface area contributed by atoms with E-state index in [9.17, 15) is 13.2 Å². The highest BCUT2D eigenvalue weighted by Crippen LogP contribution is 2.39. The van der Waals surface area contributed by atoms with Crippen LogP contribution in [0.25, 0.3) is 0 Å². The van der Waals surface area contributed by atoms with Crippen LogP contribution in [0.15, 0.2) is 17.0 Å². The first-order chi connectivity index (χ1) is 10.8. The topological polar surface area (TPSA) is 75.7 Å². The number of nitrogens with zero attached hydrogens (tertiary/aromatic N) is 1. The minimum Gasteiger partial charge on any atom is -0.494 e. The van der Waals surface area contributed by atoms with Crippen molar-refractivity contribution < 1.29 is 17.9 Å². The Hall–Kier alpha value is -1.02. The van der Waals surface area contributed by atoms with Gasteiger partial charge in [-0.1, -0.05) is 23.2 Å². The molecule has 0 aromatic heterocycles. The third-order valence-corrected chi connectivity index (χ3v) is 6.38. The molecule has 1 aliphatic rings. The van der Waals surface area contributed by atoms with E-state index in [2.05, 4.69) is 5.32 Å². The number of ether oxygens (including phenoxy) is 1. The van der Waals surface area contributed by atoms with Crippen molar-refractivity contribution in [2.24, 2.45) is 5.92 Å². The molecule has 1 amide bonds. The second-order valence-electron chi connectivity index (χ2n) is 5.14. The number of sulfonamides is 1. The molecule has 2 rings (SSSR count). The van der Waals surface area contributed by atoms with Gasteiger partial charge in [0.2, 0.25) is 15.9 Å². The summed E-state index contributed by atoms with van der Waals surface area (Å²) >= 11 is 11.9. The van der Waals surface area contributed by atoms with Crippen LogP contribution in [0.3, 0.4) is 0 Å². The van der Waals surface area contributed by atoms with E-state index >= 15 is 0 Å². The van der Waals surface area contributed by atoms with Gasteiger partial charge in [0.05, 0.1) is 18.1 Å². The van der Waals surface area contributed by atoms with E-state index in [1.807, 2.05) is 6.92 Å². The van der Waals surface area contributed by atoms with Crippen molar-refractivity contribution in [2.75, 3.05) is 26.7 Å². The summed E-state index contributed by atoms with van der Waals surface area (Å²) in [6.07, 6.45) is 0.481. The quantitative estimate of drug-likeness (QED) is 0.848. The Kier molecular flexibility index (Phi) is 5.78. The lowest BCUT2D eigenvalue weighted by Crippen LogP contribution is -2.34. The monoisotopic (exact) mass is 380 g/mol. The number of benzene rings is 1. The molecule has 1 atom stereocenters. The van der Waals surface area contributed by atoms with Crippen molar-refractivity contribution in [3.63, 3.8) is 0 Å². The third-order valence-electron chi connectivity index (χ3n) is 3.71. The molecule has 1 saturated heterocycles. The van der Waals surface area contributed by atoms with Gasteiger partial charge in [0.15, 0.2) is 5.75 Å². The number of hydrogen-bond acceptors (Lipinski definition) is 4. The fourth-order valence-corrected chi connectivity index (χ4v) is 4.63. The highest BCUT2D eigenvalue weighted by Gasteiger charge is 2.37. The maximum absolute atomic E-state index is 12.8. The van der Waals surface area contributed by atoms with Crippen LogP contribution in [0, 0.1) is 5.92 Å². The Labute approximate surface area is 145 Å². The van der Waals surface area contributed by atoms with E-state index in [1.165, 1.54) is 23.5 Å². The molecule has 0 radical (unpaired) electrons. The van der Waals surface area contributed by atoms with Gasteiger partial charge in [-0.25, -0.2) is 8.42 Å². The van der Waals surface area contributed by atoms with Crippen molar-refractivity contribution in [3.05, 3.63) is 22.2 Å². The number of rotatable bonds is 5. The molecule has 6 nitrogen and oxygen atoms in total. The zero-order valence-corrected chi connectivity index (χ0v) is 15.1. The minimum absolute atomic E-state index is 0.0145. The lowest BCUT2D eigenvalue weighted by atomic mass is 10.1. The zero-order valence-electron chi connectivity index (χ0n) is 12.8. The fourth-order valence-electron chi connectivity index (χ4n) is 2.53. The molecular weight excluding hydrogens is 363 g/mol. The maximum Gasteiger partial charge on any atom is 0.246 e. The summed E-state index contributed by atoms with van der Waals surface area (Å²) in [5, 5.41) is 2.98. The summed E-state index contributed by atoms with van der Waals surface area (Å²) in [4.78, 5) is 11.8. The van der Waals surface area contributed by atoms with E-state index in [0.29, 0.717) is 13.0 Å². The summed E-state index contributed by atoms with van der Waals surface area (Å²) in [6, 6.07) is 2.78. The first-order valence-corrected chi connectivity index (χ1v) is 9.32. The second kappa shape index (κ2) is 7.25. The zero-order chi connectivity index (χ0) is 17.2. The number of methoxy groups -OCH3 is 1. The standard InChI is InChI=1S/C14H18Cl2N2O4S/c1-3-17-14(19)9-6-7-18(8-9)23(20,21)11-5-4-10(15)12(16)13(11)22-2/h4-5,9H,3,6-8H2,1-2H3,(H,17,19). The first-order valence-electron chi connectivity index (χ1n) is 7.12. The lowest BCUT2D eigenvalue weighted by Gasteiger charge is -2.19. The van der Waals surface area contributed by atoms with Gasteiger partial charge in [0, 0.05) is 19.6 Å². The minimum atomic E-state index is -3.82. The van der Waals surface area contributed by atoms with Crippen LogP contribution in [0.2, 0.25) is 10.0 Å². The summed E-state index contributed by atoms with van der Waals surface area (Å²) < 4.78 is 32.0. The predicted octanol–water partition coefficient (Wildman–Crippen LogP) is 2.15. The largest absolute Gasteiger partial charge is 0.494 e. The molecule has 1 unspecified atom stereocenters. The van der Waals surface area contributed by atoms with Crippen LogP contribution in [-0.2, 0) is 14.8 Å². The normalized spacial score (nSPS) is 18.9. The van der Waals surface area contributed by atoms with Crippen LogP contribution >= 0.6 is 23.2 Å². The smallest absolute Gasteiger partial charge is 0.246 e. The molecule has 1 N–H and O–H groups in total. The highest BCUT2D eigenvalue weighted by atomic mass is 35.5. The second-order valence-corrected chi connectivity index (χ2v) is 7.83. The third kappa shape index (κ3) is 3.57. The first kappa shape index (κ1) is 18.3. The molecule has 1 fully saturated rings. The lowest BCUT2D eigenvalue weighted by molar-refractivity contribution is -0.124. The van der Waals surface area contributed by atoms with Crippen molar-refractivity contribution in [1.29, 1.82) is 0 Å². The fraction of sp³-hybridized carbons (Fsp3) is 0.500. The van der Waals surface area contributed by atoms with Crippen molar-refractivity contribution in [2.45, 2.75) is 18.2 Å². The van der Waals surface area contributed by atoms with Crippen LogP contribution in [0.1, 0.15) is 13.3 Å². The molecule has 1 aromatic rings. The van der Waals surface area contributed by atoms with Gasteiger partial charge >= 0.3 is 0 Å². The van der Waals surface area contributed by atoms with Crippen LogP contribution in [0.5, 0.6) is 5.75 Å². The number of halogens is 2. The van der Waals surface area contributed by atoms with Crippen LogP contribution < -0.4 is 10.1 Å². The summed E-state index contributed by atoms with van der Waals surface area (Å²) in [5.41, 5.74) is 0. The van der Waals surface area contributed by atoms with E-state index in [4.69, 9.17) is 27.9 Å². The van der Waals surface area contributed by atoms with Crippen molar-refractivity contribution in [1.82, 2.24) is 9.62 Å². The molecule has 128 valence electrons.